The van der Waals surface area contributed by atoms with Crippen molar-refractivity contribution in [3.63, 3.8) is 0 Å². The summed E-state index contributed by atoms with van der Waals surface area (Å²) in [7, 11) is 0. The lowest BCUT2D eigenvalue weighted by Crippen LogP contribution is -2.46. The number of carbonyl (C=O) groups excluding carboxylic acids is 1. The van der Waals surface area contributed by atoms with Crippen molar-refractivity contribution < 1.29 is 13.6 Å². The van der Waals surface area contributed by atoms with Crippen molar-refractivity contribution in [1.29, 1.82) is 0 Å². The van der Waals surface area contributed by atoms with Crippen LogP contribution in [0.1, 0.15) is 26.2 Å². The van der Waals surface area contributed by atoms with E-state index < -0.39 is 18.3 Å². The van der Waals surface area contributed by atoms with Gasteiger partial charge in [0.2, 0.25) is 0 Å². The lowest BCUT2D eigenvalue weighted by atomic mass is 10.1. The van der Waals surface area contributed by atoms with Crippen LogP contribution in [-0.4, -0.2) is 73.8 Å². The molecule has 162 valence electrons. The van der Waals surface area contributed by atoms with Gasteiger partial charge in [0.15, 0.2) is 0 Å². The molecular formula is C20H27F2N7O. The van der Waals surface area contributed by atoms with E-state index in [-0.39, 0.29) is 12.5 Å². The summed E-state index contributed by atoms with van der Waals surface area (Å²) >= 11 is 0. The molecule has 0 aromatic carbocycles. The van der Waals surface area contributed by atoms with Crippen LogP contribution in [-0.2, 0) is 11.3 Å². The summed E-state index contributed by atoms with van der Waals surface area (Å²) < 4.78 is 30.7. The monoisotopic (exact) mass is 419 g/mol. The first kappa shape index (κ1) is 20.6. The minimum Gasteiger partial charge on any atom is -0.397 e. The zero-order chi connectivity index (χ0) is 21.3. The second-order valence-corrected chi connectivity index (χ2v) is 8.38. The molecule has 1 atom stereocenters. The average molecular weight is 419 g/mol. The molecule has 4 rings (SSSR count). The fourth-order valence-corrected chi connectivity index (χ4v) is 3.90. The van der Waals surface area contributed by atoms with E-state index in [1.54, 1.807) is 18.3 Å². The first-order valence-electron chi connectivity index (χ1n) is 10.3. The Kier molecular flexibility index (Phi) is 5.68. The standard InChI is InChI=1S/C20H27F2N7O/c1-14-11-27(16-3-4-16)8-9-28(12-14)19(30)20(21,22)6-7-29-13-18(25-26-29)17-5-2-15(23)10-24-17/h2,5,10,13-14,16H,3-4,6-9,11-12,23H2,1H3. The van der Waals surface area contributed by atoms with Crippen molar-refractivity contribution in [1.82, 2.24) is 29.8 Å². The van der Waals surface area contributed by atoms with Gasteiger partial charge >= 0.3 is 5.92 Å². The summed E-state index contributed by atoms with van der Waals surface area (Å²) in [5, 5.41) is 7.85. The Morgan fingerprint density at radius 2 is 2.03 bits per heavy atom. The molecule has 1 aliphatic heterocycles. The van der Waals surface area contributed by atoms with Gasteiger partial charge in [-0.3, -0.25) is 19.4 Å². The van der Waals surface area contributed by atoms with E-state index in [0.29, 0.717) is 42.8 Å². The van der Waals surface area contributed by atoms with Crippen LogP contribution < -0.4 is 5.73 Å². The highest BCUT2D eigenvalue weighted by Gasteiger charge is 2.43. The summed E-state index contributed by atoms with van der Waals surface area (Å²) in [6, 6.07) is 3.94. The van der Waals surface area contributed by atoms with Crippen molar-refractivity contribution in [2.24, 2.45) is 5.92 Å². The highest BCUT2D eigenvalue weighted by molar-refractivity contribution is 5.83. The van der Waals surface area contributed by atoms with Gasteiger partial charge in [0.25, 0.3) is 5.91 Å². The molecule has 0 radical (unpaired) electrons. The molecule has 2 N–H and O–H groups in total. The van der Waals surface area contributed by atoms with Crippen LogP contribution >= 0.6 is 0 Å². The highest BCUT2D eigenvalue weighted by atomic mass is 19.3. The number of alkyl halides is 2. The number of halogens is 2. The van der Waals surface area contributed by atoms with Gasteiger partial charge in [-0.05, 0) is 30.9 Å². The van der Waals surface area contributed by atoms with E-state index in [2.05, 4.69) is 20.2 Å². The smallest absolute Gasteiger partial charge is 0.326 e. The summed E-state index contributed by atoms with van der Waals surface area (Å²) in [6.45, 7) is 4.15. The summed E-state index contributed by atoms with van der Waals surface area (Å²) in [6.07, 6.45) is 4.75. The van der Waals surface area contributed by atoms with Crippen molar-refractivity contribution >= 4 is 11.6 Å². The number of aryl methyl sites for hydroxylation is 1. The van der Waals surface area contributed by atoms with Crippen LogP contribution in [0.15, 0.2) is 24.5 Å². The van der Waals surface area contributed by atoms with Gasteiger partial charge in [0, 0.05) is 45.2 Å². The van der Waals surface area contributed by atoms with Crippen LogP contribution in [0.2, 0.25) is 0 Å². The van der Waals surface area contributed by atoms with Gasteiger partial charge in [-0.25, -0.2) is 0 Å². The number of carbonyl (C=O) groups is 1. The lowest BCUT2D eigenvalue weighted by Gasteiger charge is -2.27. The molecule has 2 aromatic rings. The third-order valence-electron chi connectivity index (χ3n) is 5.64. The van der Waals surface area contributed by atoms with Gasteiger partial charge in [0.1, 0.15) is 5.69 Å². The topological polar surface area (TPSA) is 93.2 Å². The molecule has 2 fully saturated rings. The molecule has 1 unspecified atom stereocenters. The van der Waals surface area contributed by atoms with Gasteiger partial charge in [-0.1, -0.05) is 12.1 Å². The summed E-state index contributed by atoms with van der Waals surface area (Å²) in [5.74, 6) is -4.36. The minimum atomic E-state index is -3.44. The zero-order valence-corrected chi connectivity index (χ0v) is 17.0. The molecule has 30 heavy (non-hydrogen) atoms. The Balaban J connectivity index is 1.35. The number of nitrogens with two attached hydrogens (primary N) is 1. The third kappa shape index (κ3) is 4.75. The molecule has 0 spiro atoms. The quantitative estimate of drug-likeness (QED) is 0.769. The van der Waals surface area contributed by atoms with Crippen molar-refractivity contribution in [3.05, 3.63) is 24.5 Å². The molecule has 0 bridgehead atoms. The van der Waals surface area contributed by atoms with Crippen molar-refractivity contribution in [2.75, 3.05) is 31.9 Å². The molecule has 1 saturated carbocycles. The number of nitrogen functional groups attached to an aromatic ring is 1. The Morgan fingerprint density at radius 3 is 2.73 bits per heavy atom. The van der Waals surface area contributed by atoms with Crippen LogP contribution in [0.25, 0.3) is 11.4 Å². The predicted octanol–water partition coefficient (Wildman–Crippen LogP) is 1.89. The largest absolute Gasteiger partial charge is 0.397 e. The number of pyridine rings is 1. The number of anilines is 1. The van der Waals surface area contributed by atoms with Crippen LogP contribution in [0.3, 0.4) is 0 Å². The molecule has 1 aliphatic carbocycles. The van der Waals surface area contributed by atoms with E-state index in [1.807, 2.05) is 6.92 Å². The summed E-state index contributed by atoms with van der Waals surface area (Å²) in [4.78, 5) is 20.4. The van der Waals surface area contributed by atoms with E-state index in [9.17, 15) is 13.6 Å². The van der Waals surface area contributed by atoms with Crippen LogP contribution in [0.5, 0.6) is 0 Å². The van der Waals surface area contributed by atoms with E-state index in [1.165, 1.54) is 28.6 Å². The number of aromatic nitrogens is 4. The van der Waals surface area contributed by atoms with Gasteiger partial charge in [-0.15, -0.1) is 5.10 Å². The SMILES string of the molecule is CC1CN(C(=O)C(F)(F)CCn2cc(-c3ccc(N)cn3)nn2)CCN(C2CC2)C1. The fourth-order valence-electron chi connectivity index (χ4n) is 3.90. The summed E-state index contributed by atoms with van der Waals surface area (Å²) in [5.41, 5.74) is 7.15. The molecule has 8 nitrogen and oxygen atoms in total. The highest BCUT2D eigenvalue weighted by Crippen LogP contribution is 2.30. The van der Waals surface area contributed by atoms with Crippen LogP contribution in [0.4, 0.5) is 14.5 Å². The Morgan fingerprint density at radius 1 is 1.23 bits per heavy atom. The first-order chi connectivity index (χ1) is 14.3. The van der Waals surface area contributed by atoms with Gasteiger partial charge in [0.05, 0.1) is 23.8 Å². The van der Waals surface area contributed by atoms with Gasteiger partial charge < -0.3 is 10.6 Å². The number of amides is 1. The number of nitrogens with zero attached hydrogens (tertiary/aromatic N) is 6. The second kappa shape index (κ2) is 8.25. The fraction of sp³-hybridized carbons (Fsp3) is 0.600. The molecule has 2 aromatic heterocycles. The maximum absolute atomic E-state index is 14.7. The molecular weight excluding hydrogens is 392 g/mol. The predicted molar refractivity (Wildman–Crippen MR) is 108 cm³/mol. The maximum atomic E-state index is 14.7. The molecule has 10 heteroatoms. The Bertz CT molecular complexity index is 882. The third-order valence-corrected chi connectivity index (χ3v) is 5.64. The van der Waals surface area contributed by atoms with Gasteiger partial charge in [-0.2, -0.15) is 8.78 Å². The van der Waals surface area contributed by atoms with E-state index in [0.717, 1.165) is 6.54 Å². The first-order valence-corrected chi connectivity index (χ1v) is 10.3. The molecule has 3 heterocycles. The number of hydrogen-bond donors (Lipinski definition) is 1. The lowest BCUT2D eigenvalue weighted by molar-refractivity contribution is -0.159. The minimum absolute atomic E-state index is 0.113. The molecule has 1 amide bonds. The molecule has 2 aliphatic rings. The van der Waals surface area contributed by atoms with E-state index >= 15 is 0 Å². The zero-order valence-electron chi connectivity index (χ0n) is 17.0. The average Bonchev–Trinajstić information content (AvgIpc) is 3.48. The number of rotatable bonds is 6. The maximum Gasteiger partial charge on any atom is 0.326 e. The Labute approximate surface area is 174 Å². The Hall–Kier alpha value is -2.62. The second-order valence-electron chi connectivity index (χ2n) is 8.38. The molecule has 1 saturated heterocycles. The van der Waals surface area contributed by atoms with E-state index in [4.69, 9.17) is 5.73 Å². The normalized spacial score (nSPS) is 20.9. The van der Waals surface area contributed by atoms with Crippen molar-refractivity contribution in [3.8, 4) is 11.4 Å². The van der Waals surface area contributed by atoms with Crippen molar-refractivity contribution in [2.45, 2.75) is 44.7 Å². The van der Waals surface area contributed by atoms with Crippen LogP contribution in [0, 0.1) is 5.92 Å². The number of hydrogen-bond acceptors (Lipinski definition) is 6.